The van der Waals surface area contributed by atoms with Crippen LogP contribution in [0.15, 0.2) is 60.8 Å². The highest BCUT2D eigenvalue weighted by Gasteiger charge is 2.25. The van der Waals surface area contributed by atoms with Gasteiger partial charge in [0.15, 0.2) is 6.10 Å². The summed E-state index contributed by atoms with van der Waals surface area (Å²) in [5, 5.41) is 9.74. The molecule has 0 aliphatic carbocycles. The largest absolute Gasteiger partial charge is 0.477 e. The van der Waals surface area contributed by atoms with Gasteiger partial charge in [-0.15, -0.1) is 0 Å². The topological polar surface area (TPSA) is 108 Å². The predicted molar refractivity (Wildman–Crippen MR) is 341 cm³/mol. The quantitative estimate of drug-likeness (QED) is 0.0211. The lowest BCUT2D eigenvalue weighted by molar-refractivity contribution is -0.870. The number of allylic oxidation sites excluding steroid dienone is 10. The molecule has 0 spiro atoms. The summed E-state index contributed by atoms with van der Waals surface area (Å²) < 4.78 is 23.0. The summed E-state index contributed by atoms with van der Waals surface area (Å²) >= 11 is 0. The van der Waals surface area contributed by atoms with Gasteiger partial charge in [-0.05, 0) is 57.8 Å². The van der Waals surface area contributed by atoms with Crippen LogP contribution in [0.2, 0.25) is 0 Å². The number of carbonyl (C=O) groups is 3. The first kappa shape index (κ1) is 77.0. The molecule has 2 unspecified atom stereocenters. The molecule has 0 aromatic carbocycles. The summed E-state index contributed by atoms with van der Waals surface area (Å²) in [6.45, 7) is 4.82. The molecule has 0 aliphatic heterocycles. The summed E-state index contributed by atoms with van der Waals surface area (Å²) in [4.78, 5) is 37.6. The van der Waals surface area contributed by atoms with E-state index in [0.29, 0.717) is 17.4 Å². The molecule has 0 bridgehead atoms. The van der Waals surface area contributed by atoms with Gasteiger partial charge in [-0.25, -0.2) is 4.79 Å². The molecule has 0 saturated carbocycles. The average molecular weight is 1130 g/mol. The molecular weight excluding hydrogens is 995 g/mol. The fourth-order valence-corrected chi connectivity index (χ4v) is 9.87. The Balaban J connectivity index is 4.08. The van der Waals surface area contributed by atoms with E-state index < -0.39 is 18.4 Å². The van der Waals surface area contributed by atoms with Crippen LogP contribution in [0, 0.1) is 0 Å². The van der Waals surface area contributed by atoms with Gasteiger partial charge >= 0.3 is 17.9 Å². The molecule has 0 aliphatic rings. The molecule has 466 valence electrons. The van der Waals surface area contributed by atoms with Crippen molar-refractivity contribution >= 4 is 17.9 Å². The Labute approximate surface area is 495 Å². The maximum atomic E-state index is 12.9. The van der Waals surface area contributed by atoms with Gasteiger partial charge in [-0.2, -0.15) is 0 Å². The number of likely N-dealkylation sites (N-methyl/N-ethyl adjacent to an activating group) is 1. The third kappa shape index (κ3) is 62.6. The van der Waals surface area contributed by atoms with E-state index >= 15 is 0 Å². The van der Waals surface area contributed by atoms with Crippen molar-refractivity contribution in [3.8, 4) is 0 Å². The Morgan fingerprint density at radius 2 is 0.713 bits per heavy atom. The van der Waals surface area contributed by atoms with Crippen molar-refractivity contribution < 1.29 is 42.9 Å². The number of aliphatic carboxylic acids is 1. The highest BCUT2D eigenvalue weighted by atomic mass is 16.7. The molecular formula is C71H130NO8+. The van der Waals surface area contributed by atoms with Gasteiger partial charge in [0.25, 0.3) is 6.29 Å². The number of nitrogens with zero attached hydrogens (tertiary/aromatic N) is 1. The van der Waals surface area contributed by atoms with Crippen LogP contribution in [0.1, 0.15) is 316 Å². The van der Waals surface area contributed by atoms with E-state index in [4.69, 9.17) is 18.9 Å². The number of carboxylic acids is 1. The molecule has 0 fully saturated rings. The maximum Gasteiger partial charge on any atom is 0.361 e. The normalized spacial score (nSPS) is 13.1. The van der Waals surface area contributed by atoms with Crippen LogP contribution >= 0.6 is 0 Å². The third-order valence-electron chi connectivity index (χ3n) is 15.0. The lowest BCUT2D eigenvalue weighted by atomic mass is 10.0. The molecule has 9 nitrogen and oxygen atoms in total. The van der Waals surface area contributed by atoms with Gasteiger partial charge < -0.3 is 28.5 Å². The molecule has 1 N–H and O–H groups in total. The van der Waals surface area contributed by atoms with Gasteiger partial charge in [0, 0.05) is 12.8 Å². The fraction of sp³-hybridized carbons (Fsp3) is 0.817. The number of rotatable bonds is 63. The highest BCUT2D eigenvalue weighted by Crippen LogP contribution is 2.18. The van der Waals surface area contributed by atoms with Crippen molar-refractivity contribution in [2.45, 2.75) is 328 Å². The number of carboxylic acid groups (broad SMARTS) is 1. The predicted octanol–water partition coefficient (Wildman–Crippen LogP) is 20.7. The van der Waals surface area contributed by atoms with Crippen LogP contribution in [0.4, 0.5) is 0 Å². The number of unbranched alkanes of at least 4 members (excludes halogenated alkanes) is 38. The van der Waals surface area contributed by atoms with Crippen molar-refractivity contribution in [3.63, 3.8) is 0 Å². The van der Waals surface area contributed by atoms with E-state index in [2.05, 4.69) is 74.6 Å². The number of carbonyl (C=O) groups excluding carboxylic acids is 2. The van der Waals surface area contributed by atoms with E-state index in [1.165, 1.54) is 218 Å². The van der Waals surface area contributed by atoms with Crippen LogP contribution in [-0.2, 0) is 33.3 Å². The van der Waals surface area contributed by atoms with Gasteiger partial charge in [0.2, 0.25) is 0 Å². The zero-order chi connectivity index (χ0) is 58.3. The highest BCUT2D eigenvalue weighted by molar-refractivity contribution is 5.71. The lowest BCUT2D eigenvalue weighted by Crippen LogP contribution is -2.40. The standard InChI is InChI=1S/C71H129NO8/c1-6-8-10-12-14-16-18-20-22-24-26-28-30-31-32-33-34-35-36-37-38-39-40-42-44-46-48-50-52-54-56-58-60-62-69(74)80-67(66-79-71(70(75)76)77-64-63-72(3,4)5)65-78-68(73)61-59-57-55-53-51-49-47-45-43-41-29-27-25-23-21-19-17-15-13-11-9-7-2/h8,10,14,16,20,22,26,28,31-32,67,71H,6-7,9,11-13,15,17-19,21,23-25,27,29-30,33-66H2,1-5H3/p+1/b10-8-,16-14-,22-20-,28-26-,32-31-. The number of hydrogen-bond acceptors (Lipinski definition) is 7. The fourth-order valence-electron chi connectivity index (χ4n) is 9.87. The summed E-state index contributed by atoms with van der Waals surface area (Å²) in [6.07, 6.45) is 77.5. The first-order chi connectivity index (χ1) is 39.1. The van der Waals surface area contributed by atoms with E-state index in [1.807, 2.05) is 21.1 Å². The minimum Gasteiger partial charge on any atom is -0.477 e. The zero-order valence-electron chi connectivity index (χ0n) is 53.2. The van der Waals surface area contributed by atoms with Crippen molar-refractivity contribution in [2.24, 2.45) is 0 Å². The van der Waals surface area contributed by atoms with Gasteiger partial charge in [0.05, 0.1) is 34.4 Å². The van der Waals surface area contributed by atoms with Gasteiger partial charge in [0.1, 0.15) is 13.2 Å². The Morgan fingerprint density at radius 1 is 0.388 bits per heavy atom. The van der Waals surface area contributed by atoms with Crippen molar-refractivity contribution in [1.29, 1.82) is 0 Å². The first-order valence-corrected chi connectivity index (χ1v) is 34.0. The molecule has 0 aromatic heterocycles. The van der Waals surface area contributed by atoms with E-state index in [1.54, 1.807) is 0 Å². The summed E-state index contributed by atoms with van der Waals surface area (Å²) in [6, 6.07) is 0. The second-order valence-electron chi connectivity index (χ2n) is 24.1. The van der Waals surface area contributed by atoms with Crippen LogP contribution in [0.5, 0.6) is 0 Å². The van der Waals surface area contributed by atoms with Crippen LogP contribution in [-0.4, -0.2) is 87.4 Å². The minimum absolute atomic E-state index is 0.178. The summed E-state index contributed by atoms with van der Waals surface area (Å²) in [5.74, 6) is -1.98. The molecule has 80 heavy (non-hydrogen) atoms. The Bertz CT molecular complexity index is 1500. The zero-order valence-corrected chi connectivity index (χ0v) is 53.2. The maximum absolute atomic E-state index is 12.9. The van der Waals surface area contributed by atoms with Crippen LogP contribution in [0.25, 0.3) is 0 Å². The SMILES string of the molecule is CC/C=C\C/C=C\C/C=C\C/C=C\C/C=C\CCCCCCCCCCCCCCCCCCCC(=O)OC(COC(=O)CCCCCCCCCCCCCCCCCCCCCCCC)COC(OCC[N+](C)(C)C)C(=O)O. The number of hydrogen-bond donors (Lipinski definition) is 1. The van der Waals surface area contributed by atoms with Crippen LogP contribution < -0.4 is 0 Å². The van der Waals surface area contributed by atoms with Crippen molar-refractivity contribution in [3.05, 3.63) is 60.8 Å². The second-order valence-corrected chi connectivity index (χ2v) is 24.1. The van der Waals surface area contributed by atoms with Gasteiger partial charge in [-0.1, -0.05) is 306 Å². The van der Waals surface area contributed by atoms with Crippen molar-refractivity contribution in [1.82, 2.24) is 0 Å². The number of quaternary nitrogens is 1. The molecule has 0 aromatic rings. The first-order valence-electron chi connectivity index (χ1n) is 34.0. The smallest absolute Gasteiger partial charge is 0.361 e. The van der Waals surface area contributed by atoms with Crippen molar-refractivity contribution in [2.75, 3.05) is 47.5 Å². The third-order valence-corrected chi connectivity index (χ3v) is 15.0. The molecule has 2 atom stereocenters. The van der Waals surface area contributed by atoms with E-state index in [-0.39, 0.29) is 38.2 Å². The molecule has 0 heterocycles. The Hall–Kier alpha value is -3.01. The number of esters is 2. The van der Waals surface area contributed by atoms with E-state index in [9.17, 15) is 19.5 Å². The Kier molecular flexibility index (Phi) is 59.7. The average Bonchev–Trinajstić information content (AvgIpc) is 3.43. The molecule has 0 rings (SSSR count). The van der Waals surface area contributed by atoms with E-state index in [0.717, 1.165) is 70.6 Å². The molecule has 0 amide bonds. The summed E-state index contributed by atoms with van der Waals surface area (Å²) in [7, 11) is 5.98. The molecule has 9 heteroatoms. The Morgan fingerprint density at radius 3 is 1.06 bits per heavy atom. The molecule has 0 radical (unpaired) electrons. The second kappa shape index (κ2) is 62.0. The monoisotopic (exact) mass is 1120 g/mol. The van der Waals surface area contributed by atoms with Crippen LogP contribution in [0.3, 0.4) is 0 Å². The summed E-state index contributed by atoms with van der Waals surface area (Å²) in [5.41, 5.74) is 0. The lowest BCUT2D eigenvalue weighted by Gasteiger charge is -2.25. The minimum atomic E-state index is -1.51. The molecule has 0 saturated heterocycles. The van der Waals surface area contributed by atoms with Gasteiger partial charge in [-0.3, -0.25) is 9.59 Å². The number of ether oxygens (including phenoxy) is 4.